The number of ether oxygens (including phenoxy) is 1. The van der Waals surface area contributed by atoms with Gasteiger partial charge in [-0.1, -0.05) is 6.92 Å². The molecule has 1 heterocycles. The molecule has 0 spiro atoms. The van der Waals surface area contributed by atoms with Crippen LogP contribution in [0.15, 0.2) is 0 Å². The Morgan fingerprint density at radius 1 is 1.40 bits per heavy atom. The molecule has 1 aliphatic rings. The van der Waals surface area contributed by atoms with Crippen LogP contribution >= 0.6 is 0 Å². The molecule has 2 unspecified atom stereocenters. The predicted octanol–water partition coefficient (Wildman–Crippen LogP) is 1.49. The number of likely N-dealkylation sites (tertiary alicyclic amines) is 1. The lowest BCUT2D eigenvalue weighted by molar-refractivity contribution is 0.0435. The van der Waals surface area contributed by atoms with Gasteiger partial charge in [0.05, 0.1) is 6.61 Å². The van der Waals surface area contributed by atoms with Crippen LogP contribution in [0.1, 0.15) is 33.1 Å². The molecule has 1 aliphatic heterocycles. The number of nitrogens with one attached hydrogen (secondary N) is 1. The molecule has 1 saturated heterocycles. The molecule has 0 saturated carbocycles. The summed E-state index contributed by atoms with van der Waals surface area (Å²) < 4.78 is 5.31. The van der Waals surface area contributed by atoms with Crippen LogP contribution in [-0.2, 0) is 4.74 Å². The molecule has 0 amide bonds. The minimum atomic E-state index is 0.237. The summed E-state index contributed by atoms with van der Waals surface area (Å²) in [5, 5.41) is 3.40. The van der Waals surface area contributed by atoms with Gasteiger partial charge in [-0.15, -0.1) is 0 Å². The molecule has 0 aromatic carbocycles. The van der Waals surface area contributed by atoms with Crippen molar-refractivity contribution in [3.05, 3.63) is 0 Å². The quantitative estimate of drug-likeness (QED) is 0.725. The first-order valence-corrected chi connectivity index (χ1v) is 6.10. The molecular weight excluding hydrogens is 188 g/mol. The first-order valence-electron chi connectivity index (χ1n) is 6.10. The van der Waals surface area contributed by atoms with Gasteiger partial charge in [0, 0.05) is 18.7 Å². The van der Waals surface area contributed by atoms with Gasteiger partial charge in [0.1, 0.15) is 0 Å². The Labute approximate surface area is 94.2 Å². The van der Waals surface area contributed by atoms with E-state index in [1.54, 1.807) is 7.11 Å². The number of hydrogen-bond donors (Lipinski definition) is 1. The first kappa shape index (κ1) is 12.9. The van der Waals surface area contributed by atoms with Gasteiger partial charge in [0.25, 0.3) is 0 Å². The van der Waals surface area contributed by atoms with Gasteiger partial charge in [-0.2, -0.15) is 0 Å². The maximum atomic E-state index is 5.31. The van der Waals surface area contributed by atoms with Gasteiger partial charge in [-0.05, 0) is 46.3 Å². The third-order valence-electron chi connectivity index (χ3n) is 3.98. The van der Waals surface area contributed by atoms with Crippen LogP contribution in [-0.4, -0.2) is 50.3 Å². The van der Waals surface area contributed by atoms with Crippen LogP contribution in [0.25, 0.3) is 0 Å². The van der Waals surface area contributed by atoms with E-state index in [0.29, 0.717) is 6.04 Å². The fourth-order valence-electron chi connectivity index (χ4n) is 2.66. The van der Waals surface area contributed by atoms with Crippen molar-refractivity contribution < 1.29 is 4.74 Å². The van der Waals surface area contributed by atoms with Crippen molar-refractivity contribution in [2.45, 2.75) is 44.7 Å². The lowest BCUT2D eigenvalue weighted by Gasteiger charge is -2.44. The second-order valence-corrected chi connectivity index (χ2v) is 4.70. The highest BCUT2D eigenvalue weighted by Gasteiger charge is 2.38. The number of rotatable bonds is 6. The van der Waals surface area contributed by atoms with Crippen LogP contribution in [0.5, 0.6) is 0 Å². The third kappa shape index (κ3) is 2.71. The fourth-order valence-corrected chi connectivity index (χ4v) is 2.66. The highest BCUT2D eigenvalue weighted by Crippen LogP contribution is 2.27. The smallest absolute Gasteiger partial charge is 0.0633 e. The topological polar surface area (TPSA) is 24.5 Å². The van der Waals surface area contributed by atoms with Crippen molar-refractivity contribution in [1.82, 2.24) is 10.2 Å². The first-order chi connectivity index (χ1) is 7.19. The van der Waals surface area contributed by atoms with Crippen LogP contribution < -0.4 is 5.32 Å². The zero-order valence-electron chi connectivity index (χ0n) is 10.7. The molecule has 0 aromatic heterocycles. The van der Waals surface area contributed by atoms with Crippen LogP contribution in [0.2, 0.25) is 0 Å². The van der Waals surface area contributed by atoms with Crippen LogP contribution in [0.3, 0.4) is 0 Å². The third-order valence-corrected chi connectivity index (χ3v) is 3.98. The van der Waals surface area contributed by atoms with E-state index in [1.807, 2.05) is 7.05 Å². The van der Waals surface area contributed by atoms with Crippen molar-refractivity contribution in [1.29, 1.82) is 0 Å². The zero-order valence-corrected chi connectivity index (χ0v) is 10.7. The summed E-state index contributed by atoms with van der Waals surface area (Å²) in [7, 11) is 3.82. The van der Waals surface area contributed by atoms with Crippen LogP contribution in [0, 0.1) is 0 Å². The van der Waals surface area contributed by atoms with Gasteiger partial charge in [0.15, 0.2) is 0 Å². The second kappa shape index (κ2) is 5.83. The van der Waals surface area contributed by atoms with Crippen molar-refractivity contribution in [2.24, 2.45) is 0 Å². The Morgan fingerprint density at radius 3 is 2.40 bits per heavy atom. The summed E-state index contributed by atoms with van der Waals surface area (Å²) in [5.74, 6) is 0. The molecule has 2 atom stereocenters. The summed E-state index contributed by atoms with van der Waals surface area (Å²) in [5.41, 5.74) is 0.237. The summed E-state index contributed by atoms with van der Waals surface area (Å²) in [6.45, 7) is 7.91. The summed E-state index contributed by atoms with van der Waals surface area (Å²) in [6.07, 6.45) is 3.86. The summed E-state index contributed by atoms with van der Waals surface area (Å²) >= 11 is 0. The minimum absolute atomic E-state index is 0.237. The average Bonchev–Trinajstić information content (AvgIpc) is 2.78. The molecule has 90 valence electrons. The lowest BCUT2D eigenvalue weighted by Crippen LogP contribution is -2.59. The Kier molecular flexibility index (Phi) is 5.03. The molecule has 1 rings (SSSR count). The Hall–Kier alpha value is -0.120. The molecule has 15 heavy (non-hydrogen) atoms. The lowest BCUT2D eigenvalue weighted by atomic mass is 9.88. The summed E-state index contributed by atoms with van der Waals surface area (Å²) in [6, 6.07) is 0.422. The molecule has 0 bridgehead atoms. The molecule has 3 nitrogen and oxygen atoms in total. The molecule has 0 aliphatic carbocycles. The van der Waals surface area contributed by atoms with E-state index in [9.17, 15) is 0 Å². The van der Waals surface area contributed by atoms with E-state index >= 15 is 0 Å². The van der Waals surface area contributed by atoms with Gasteiger partial charge < -0.3 is 10.1 Å². The fraction of sp³-hybridized carbons (Fsp3) is 1.00. The second-order valence-electron chi connectivity index (χ2n) is 4.70. The Balaban J connectivity index is 2.70. The maximum Gasteiger partial charge on any atom is 0.0633 e. The predicted molar refractivity (Wildman–Crippen MR) is 64.2 cm³/mol. The van der Waals surface area contributed by atoms with E-state index in [2.05, 4.69) is 24.1 Å². The SMILES string of the molecule is CCC(C)(C(COC)NC)N1CCCC1. The van der Waals surface area contributed by atoms with Crippen molar-refractivity contribution in [3.8, 4) is 0 Å². The van der Waals surface area contributed by atoms with E-state index < -0.39 is 0 Å². The molecule has 0 radical (unpaired) electrons. The molecular formula is C12H26N2O. The van der Waals surface area contributed by atoms with Gasteiger partial charge >= 0.3 is 0 Å². The van der Waals surface area contributed by atoms with E-state index in [0.717, 1.165) is 6.61 Å². The van der Waals surface area contributed by atoms with E-state index in [1.165, 1.54) is 32.4 Å². The standard InChI is InChI=1S/C12H26N2O/c1-5-12(2,11(13-3)10-15-4)14-8-6-7-9-14/h11,13H,5-10H2,1-4H3. The monoisotopic (exact) mass is 214 g/mol. The molecule has 1 fully saturated rings. The number of hydrogen-bond acceptors (Lipinski definition) is 3. The number of likely N-dealkylation sites (N-methyl/N-ethyl adjacent to an activating group) is 1. The number of nitrogens with zero attached hydrogens (tertiary/aromatic N) is 1. The zero-order chi connectivity index (χ0) is 11.3. The molecule has 1 N–H and O–H groups in total. The van der Waals surface area contributed by atoms with Crippen molar-refractivity contribution >= 4 is 0 Å². The van der Waals surface area contributed by atoms with E-state index in [4.69, 9.17) is 4.74 Å². The number of methoxy groups -OCH3 is 1. The highest BCUT2D eigenvalue weighted by atomic mass is 16.5. The summed E-state index contributed by atoms with van der Waals surface area (Å²) in [4.78, 5) is 2.62. The molecule has 3 heteroatoms. The average molecular weight is 214 g/mol. The largest absolute Gasteiger partial charge is 0.383 e. The molecule has 0 aromatic rings. The minimum Gasteiger partial charge on any atom is -0.383 e. The van der Waals surface area contributed by atoms with Crippen molar-refractivity contribution in [3.63, 3.8) is 0 Å². The van der Waals surface area contributed by atoms with E-state index in [-0.39, 0.29) is 5.54 Å². The Morgan fingerprint density at radius 2 is 2.00 bits per heavy atom. The van der Waals surface area contributed by atoms with Gasteiger partial charge in [-0.3, -0.25) is 4.90 Å². The van der Waals surface area contributed by atoms with Crippen molar-refractivity contribution in [2.75, 3.05) is 33.9 Å². The highest BCUT2D eigenvalue weighted by molar-refractivity contribution is 4.97. The Bertz CT molecular complexity index is 180. The van der Waals surface area contributed by atoms with Gasteiger partial charge in [-0.25, -0.2) is 0 Å². The maximum absolute atomic E-state index is 5.31. The normalized spacial score (nSPS) is 24.0. The van der Waals surface area contributed by atoms with Crippen LogP contribution in [0.4, 0.5) is 0 Å². The van der Waals surface area contributed by atoms with Gasteiger partial charge in [0.2, 0.25) is 0 Å².